The highest BCUT2D eigenvalue weighted by molar-refractivity contribution is 7.13. The summed E-state index contributed by atoms with van der Waals surface area (Å²) in [6, 6.07) is 35.5. The molecule has 0 spiro atoms. The van der Waals surface area contributed by atoms with Crippen LogP contribution in [0.5, 0.6) is 0 Å². The van der Waals surface area contributed by atoms with Gasteiger partial charge in [-0.25, -0.2) is 4.98 Å². The number of nitrogens with one attached hydrogen (secondary N) is 6. The van der Waals surface area contributed by atoms with E-state index in [0.29, 0.717) is 16.9 Å². The van der Waals surface area contributed by atoms with E-state index in [9.17, 15) is 0 Å². The van der Waals surface area contributed by atoms with Crippen LogP contribution in [0.2, 0.25) is 0 Å². The van der Waals surface area contributed by atoms with E-state index in [2.05, 4.69) is 118 Å². The summed E-state index contributed by atoms with van der Waals surface area (Å²) in [6.45, 7) is 4.39. The normalized spacial score (nSPS) is 11.5. The minimum atomic E-state index is 0.401. The highest BCUT2D eigenvalue weighted by atomic mass is 32.1. The number of nitriles is 1. The van der Waals surface area contributed by atoms with Crippen LogP contribution in [0.25, 0.3) is 21.5 Å². The average Bonchev–Trinajstić information content (AvgIpc) is 3.51. The Hall–Kier alpha value is -5.46. The molecule has 6 rings (SSSR count). The molecule has 6 aromatic rings. The van der Waals surface area contributed by atoms with Crippen molar-refractivity contribution in [2.75, 3.05) is 32.3 Å². The second-order valence-corrected chi connectivity index (χ2v) is 11.1. The van der Waals surface area contributed by atoms with Crippen LogP contribution in [-0.4, -0.2) is 11.0 Å². The Morgan fingerprint density at radius 2 is 1.16 bits per heavy atom. The third-order valence-corrected chi connectivity index (χ3v) is 8.05. The zero-order chi connectivity index (χ0) is 29.6. The fourth-order valence-electron chi connectivity index (χ4n) is 4.84. The van der Waals surface area contributed by atoms with Crippen molar-refractivity contribution in [1.29, 1.82) is 5.26 Å². The molecular weight excluding hydrogens is 552 g/mol. The van der Waals surface area contributed by atoms with E-state index in [4.69, 9.17) is 5.26 Å². The van der Waals surface area contributed by atoms with Gasteiger partial charge in [0.25, 0.3) is 0 Å². The van der Waals surface area contributed by atoms with Crippen LogP contribution in [0.15, 0.2) is 102 Å². The molecule has 0 aliphatic carbocycles. The smallest absolute Gasteiger partial charge is 0.188 e. The number of nitrogens with zero attached hydrogens (tertiary/aromatic N) is 2. The van der Waals surface area contributed by atoms with Gasteiger partial charge >= 0.3 is 0 Å². The lowest BCUT2D eigenvalue weighted by Gasteiger charge is -2.19. The molecule has 0 amide bonds. The second kappa shape index (κ2) is 12.6. The minimum absolute atomic E-state index is 0.401. The van der Waals surface area contributed by atoms with E-state index >= 15 is 0 Å². The van der Waals surface area contributed by atoms with Crippen molar-refractivity contribution in [3.8, 4) is 6.07 Å². The van der Waals surface area contributed by atoms with E-state index in [1.54, 1.807) is 5.38 Å². The standard InChI is InChI=1S/C34H32N8S/c1-3-22(2)36-30-16-17-32(27-9-5-4-8-26(27)30)41-42-33-19-18-31(28-10-6-7-11-29(28)33)40-39-24-14-12-23(13-15-24)37-34-38-25(20-35)21-43-34/h4-19,21-22,36,39-42H,3H2,1-2H3,(H,37,38). The molecule has 43 heavy (non-hydrogen) atoms. The molecular formula is C34H32N8S. The molecule has 0 bridgehead atoms. The van der Waals surface area contributed by atoms with E-state index in [-0.39, 0.29) is 0 Å². The quantitative estimate of drug-likeness (QED) is 0.0837. The van der Waals surface area contributed by atoms with Gasteiger partial charge in [0.15, 0.2) is 10.8 Å². The summed E-state index contributed by atoms with van der Waals surface area (Å²) >= 11 is 1.40. The van der Waals surface area contributed by atoms with Gasteiger partial charge in [0.1, 0.15) is 6.07 Å². The van der Waals surface area contributed by atoms with Gasteiger partial charge in [-0.3, -0.25) is 0 Å². The van der Waals surface area contributed by atoms with Gasteiger partial charge in [0, 0.05) is 44.3 Å². The molecule has 0 saturated heterocycles. The minimum Gasteiger partial charge on any atom is -0.382 e. The van der Waals surface area contributed by atoms with Crippen molar-refractivity contribution in [1.82, 2.24) is 4.98 Å². The van der Waals surface area contributed by atoms with Crippen LogP contribution in [0.4, 0.5) is 39.3 Å². The van der Waals surface area contributed by atoms with Gasteiger partial charge in [-0.15, -0.1) is 11.3 Å². The molecule has 0 radical (unpaired) electrons. The number of hydrazine groups is 2. The van der Waals surface area contributed by atoms with Crippen molar-refractivity contribution in [3.63, 3.8) is 0 Å². The predicted octanol–water partition coefficient (Wildman–Crippen LogP) is 9.15. The van der Waals surface area contributed by atoms with Crippen LogP contribution in [0, 0.1) is 11.3 Å². The predicted molar refractivity (Wildman–Crippen MR) is 182 cm³/mol. The maximum absolute atomic E-state index is 8.98. The Kier molecular flexibility index (Phi) is 8.11. The Bertz CT molecular complexity index is 1910. The number of hydrogen-bond donors (Lipinski definition) is 6. The van der Waals surface area contributed by atoms with E-state index in [1.165, 1.54) is 16.7 Å². The first-order valence-electron chi connectivity index (χ1n) is 14.2. The molecule has 1 unspecified atom stereocenters. The SMILES string of the molecule is CCC(C)Nc1ccc(NNc2ccc(NNc3ccc(Nc4nc(C#N)cs4)cc3)c3ccccc23)c2ccccc12. The fraction of sp³-hybridized carbons (Fsp3) is 0.118. The van der Waals surface area contributed by atoms with E-state index < -0.39 is 0 Å². The molecule has 1 atom stereocenters. The first kappa shape index (κ1) is 27.7. The summed E-state index contributed by atoms with van der Waals surface area (Å²) in [7, 11) is 0. The lowest BCUT2D eigenvalue weighted by molar-refractivity contribution is 0.765. The van der Waals surface area contributed by atoms with Gasteiger partial charge < -0.3 is 32.3 Å². The zero-order valence-corrected chi connectivity index (χ0v) is 24.7. The first-order chi connectivity index (χ1) is 21.1. The summed E-state index contributed by atoms with van der Waals surface area (Å²) in [5.41, 5.74) is 19.9. The highest BCUT2D eigenvalue weighted by Crippen LogP contribution is 2.33. The van der Waals surface area contributed by atoms with Crippen molar-refractivity contribution in [2.24, 2.45) is 0 Å². The van der Waals surface area contributed by atoms with Crippen molar-refractivity contribution in [3.05, 3.63) is 108 Å². The van der Waals surface area contributed by atoms with E-state index in [0.717, 1.165) is 56.7 Å². The van der Waals surface area contributed by atoms with E-state index in [1.807, 2.05) is 36.4 Å². The second-order valence-electron chi connectivity index (χ2n) is 10.2. The molecule has 1 aromatic heterocycles. The van der Waals surface area contributed by atoms with Crippen LogP contribution in [-0.2, 0) is 0 Å². The number of thiazole rings is 1. The molecule has 0 aliphatic rings. The van der Waals surface area contributed by atoms with Gasteiger partial charge in [0.2, 0.25) is 0 Å². The van der Waals surface area contributed by atoms with Gasteiger partial charge in [-0.2, -0.15) is 5.26 Å². The molecule has 0 aliphatic heterocycles. The lowest BCUT2D eigenvalue weighted by Crippen LogP contribution is -2.14. The lowest BCUT2D eigenvalue weighted by atomic mass is 10.1. The van der Waals surface area contributed by atoms with Crippen molar-refractivity contribution >= 4 is 72.1 Å². The van der Waals surface area contributed by atoms with Gasteiger partial charge in [-0.05, 0) is 61.9 Å². The third-order valence-electron chi connectivity index (χ3n) is 7.29. The van der Waals surface area contributed by atoms with Crippen LogP contribution < -0.4 is 32.3 Å². The largest absolute Gasteiger partial charge is 0.382 e. The van der Waals surface area contributed by atoms with Crippen LogP contribution in [0.3, 0.4) is 0 Å². The molecule has 8 nitrogen and oxygen atoms in total. The number of hydrogen-bond acceptors (Lipinski definition) is 9. The fourth-order valence-corrected chi connectivity index (χ4v) is 5.49. The molecule has 0 fully saturated rings. The Balaban J connectivity index is 1.15. The number of anilines is 7. The first-order valence-corrected chi connectivity index (χ1v) is 15.1. The monoisotopic (exact) mass is 584 g/mol. The average molecular weight is 585 g/mol. The topological polar surface area (TPSA) is 109 Å². The number of aromatic nitrogens is 1. The summed E-state index contributed by atoms with van der Waals surface area (Å²) in [5.74, 6) is 0. The summed E-state index contributed by atoms with van der Waals surface area (Å²) < 4.78 is 0. The molecule has 5 aromatic carbocycles. The van der Waals surface area contributed by atoms with Gasteiger partial charge in [-0.1, -0.05) is 55.5 Å². The van der Waals surface area contributed by atoms with Crippen molar-refractivity contribution in [2.45, 2.75) is 26.3 Å². The molecule has 6 N–H and O–H groups in total. The highest BCUT2D eigenvalue weighted by Gasteiger charge is 2.10. The zero-order valence-electron chi connectivity index (χ0n) is 23.9. The molecule has 1 heterocycles. The van der Waals surface area contributed by atoms with Crippen LogP contribution in [0.1, 0.15) is 26.0 Å². The van der Waals surface area contributed by atoms with Crippen LogP contribution >= 0.6 is 11.3 Å². The maximum atomic E-state index is 8.98. The summed E-state index contributed by atoms with van der Waals surface area (Å²) in [4.78, 5) is 4.22. The van der Waals surface area contributed by atoms with Crippen molar-refractivity contribution < 1.29 is 0 Å². The van der Waals surface area contributed by atoms with Gasteiger partial charge in [0.05, 0.1) is 22.7 Å². The molecule has 0 saturated carbocycles. The Labute approximate surface area is 254 Å². The number of benzene rings is 5. The molecule has 9 heteroatoms. The third kappa shape index (κ3) is 6.25. The Morgan fingerprint density at radius 1 is 0.674 bits per heavy atom. The number of rotatable bonds is 11. The summed E-state index contributed by atoms with van der Waals surface area (Å²) in [5, 5.41) is 22.7. The Morgan fingerprint density at radius 3 is 1.67 bits per heavy atom. The molecule has 214 valence electrons. The summed E-state index contributed by atoms with van der Waals surface area (Å²) in [6.07, 6.45) is 1.06. The maximum Gasteiger partial charge on any atom is 0.188 e. The number of fused-ring (bicyclic) bond motifs is 2.